The molecule has 6 heteroatoms. The van der Waals surface area contributed by atoms with Gasteiger partial charge in [0.2, 0.25) is 11.8 Å². The molecule has 0 bridgehead atoms. The molecule has 0 atom stereocenters. The Morgan fingerprint density at radius 3 is 2.40 bits per heavy atom. The van der Waals surface area contributed by atoms with Gasteiger partial charge in [-0.1, -0.05) is 13.8 Å². The Hall–Kier alpha value is -1.14. The highest BCUT2D eigenvalue weighted by atomic mass is 16.6. The van der Waals surface area contributed by atoms with E-state index in [4.69, 9.17) is 5.90 Å². The number of amides is 2. The molecule has 15 heavy (non-hydrogen) atoms. The van der Waals surface area contributed by atoms with E-state index in [2.05, 4.69) is 15.5 Å². The molecule has 0 aromatic carbocycles. The first-order chi connectivity index (χ1) is 7.15. The first-order valence-electron chi connectivity index (χ1n) is 5.01. The lowest BCUT2D eigenvalue weighted by Gasteiger charge is -2.12. The van der Waals surface area contributed by atoms with Crippen LogP contribution in [0.4, 0.5) is 0 Å². The average molecular weight is 221 g/mol. The summed E-state index contributed by atoms with van der Waals surface area (Å²) >= 11 is 0. The van der Waals surface area contributed by atoms with Crippen LogP contribution >= 0.6 is 0 Å². The highest BCUT2D eigenvalue weighted by Gasteiger charge is 2.13. The minimum absolute atomic E-state index is 0. The van der Waals surface area contributed by atoms with E-state index in [-0.39, 0.29) is 33.9 Å². The Morgan fingerprint density at radius 2 is 1.93 bits per heavy atom. The van der Waals surface area contributed by atoms with Crippen LogP contribution in [0, 0.1) is 5.92 Å². The molecule has 4 N–H and O–H groups in total. The summed E-state index contributed by atoms with van der Waals surface area (Å²) in [7, 11) is 0. The first kappa shape index (κ1) is 13.9. The first-order valence-corrected chi connectivity index (χ1v) is 5.01. The number of rotatable bonds is 7. The lowest BCUT2D eigenvalue weighted by Crippen LogP contribution is -2.41. The minimum Gasteiger partial charge on any atom is -0.338 e. The predicted octanol–water partition coefficient (Wildman–Crippen LogP) is -0.00520. The zero-order valence-corrected chi connectivity index (χ0v) is 9.21. The van der Waals surface area contributed by atoms with Crippen molar-refractivity contribution in [3.8, 4) is 0 Å². The Bertz CT molecular complexity index is 214. The lowest BCUT2D eigenvalue weighted by molar-refractivity contribution is -0.127. The molecule has 0 saturated heterocycles. The van der Waals surface area contributed by atoms with Crippen molar-refractivity contribution in [2.75, 3.05) is 13.3 Å². The zero-order valence-electron chi connectivity index (χ0n) is 9.21. The molecule has 0 radical (unpaired) electrons. The highest BCUT2D eigenvalue weighted by molar-refractivity contribution is 5.80. The third-order valence-electron chi connectivity index (χ3n) is 2.12. The van der Waals surface area contributed by atoms with Crippen LogP contribution in [0.5, 0.6) is 0 Å². The summed E-state index contributed by atoms with van der Waals surface area (Å²) in [5.74, 6) is 4.30. The van der Waals surface area contributed by atoms with Gasteiger partial charge in [-0.3, -0.25) is 14.4 Å². The van der Waals surface area contributed by atoms with Gasteiger partial charge in [0.25, 0.3) is 0 Å². The van der Waals surface area contributed by atoms with Crippen molar-refractivity contribution in [1.82, 2.24) is 10.6 Å². The van der Waals surface area contributed by atoms with E-state index in [1.807, 2.05) is 13.8 Å². The maximum absolute atomic E-state index is 11.4. The molecule has 0 aliphatic carbocycles. The third kappa shape index (κ3) is 6.03. The van der Waals surface area contributed by atoms with Crippen LogP contribution < -0.4 is 16.5 Å². The van der Waals surface area contributed by atoms with Crippen molar-refractivity contribution in [2.45, 2.75) is 26.7 Å². The lowest BCUT2D eigenvalue weighted by atomic mass is 10.0. The van der Waals surface area contributed by atoms with Crippen LogP contribution in [0.2, 0.25) is 0 Å². The fourth-order valence-corrected chi connectivity index (χ4v) is 1.16. The summed E-state index contributed by atoms with van der Waals surface area (Å²) in [4.78, 5) is 26.4. The van der Waals surface area contributed by atoms with Gasteiger partial charge in [-0.2, -0.15) is 0 Å². The quantitative estimate of drug-likeness (QED) is 0.416. The standard InChI is InChI=1S/C9H19N3O3.2H2/c1-3-7(4-2)9(14)12-6-11-8(13)5-15-10;;/h7H,3-6,10H2,1-2H3,(H,11,13)(H,12,14);2*1H. The van der Waals surface area contributed by atoms with Gasteiger partial charge in [-0.15, -0.1) is 0 Å². The van der Waals surface area contributed by atoms with E-state index in [1.165, 1.54) is 0 Å². The number of nitrogens with one attached hydrogen (secondary N) is 2. The molecule has 0 fully saturated rings. The van der Waals surface area contributed by atoms with Gasteiger partial charge in [-0.05, 0) is 12.8 Å². The molecule has 0 saturated carbocycles. The van der Waals surface area contributed by atoms with Gasteiger partial charge < -0.3 is 10.6 Å². The van der Waals surface area contributed by atoms with Crippen LogP contribution in [0.15, 0.2) is 0 Å². The van der Waals surface area contributed by atoms with Crippen LogP contribution in [-0.2, 0) is 14.4 Å². The van der Waals surface area contributed by atoms with Gasteiger partial charge >= 0.3 is 0 Å². The summed E-state index contributed by atoms with van der Waals surface area (Å²) in [6, 6.07) is 0. The van der Waals surface area contributed by atoms with Gasteiger partial charge in [-0.25, -0.2) is 5.90 Å². The number of carbonyl (C=O) groups is 2. The van der Waals surface area contributed by atoms with E-state index < -0.39 is 0 Å². The van der Waals surface area contributed by atoms with E-state index >= 15 is 0 Å². The average Bonchev–Trinajstić information content (AvgIpc) is 2.20. The molecule has 6 nitrogen and oxygen atoms in total. The molecule has 0 heterocycles. The fourth-order valence-electron chi connectivity index (χ4n) is 1.16. The molecular formula is C9H23N3O3. The second-order valence-corrected chi connectivity index (χ2v) is 3.14. The second kappa shape index (κ2) is 8.19. The van der Waals surface area contributed by atoms with Crippen molar-refractivity contribution in [3.63, 3.8) is 0 Å². The molecule has 0 spiro atoms. The van der Waals surface area contributed by atoms with E-state index in [1.54, 1.807) is 0 Å². The van der Waals surface area contributed by atoms with E-state index in [0.29, 0.717) is 0 Å². The summed E-state index contributed by atoms with van der Waals surface area (Å²) in [6.07, 6.45) is 1.59. The summed E-state index contributed by atoms with van der Waals surface area (Å²) in [6.45, 7) is 3.81. The van der Waals surface area contributed by atoms with Crippen molar-refractivity contribution < 1.29 is 17.3 Å². The zero-order chi connectivity index (χ0) is 11.7. The second-order valence-electron chi connectivity index (χ2n) is 3.14. The topological polar surface area (TPSA) is 93.5 Å². The predicted molar refractivity (Wildman–Crippen MR) is 59.6 cm³/mol. The number of carbonyl (C=O) groups excluding carboxylic acids is 2. The Kier molecular flexibility index (Phi) is 7.57. The minimum atomic E-state index is -0.359. The van der Waals surface area contributed by atoms with E-state index in [9.17, 15) is 9.59 Å². The van der Waals surface area contributed by atoms with Crippen molar-refractivity contribution in [2.24, 2.45) is 11.8 Å². The largest absolute Gasteiger partial charge is 0.338 e. The van der Waals surface area contributed by atoms with Crippen LogP contribution in [0.25, 0.3) is 0 Å². The van der Waals surface area contributed by atoms with Crippen LogP contribution in [0.1, 0.15) is 29.5 Å². The summed E-state index contributed by atoms with van der Waals surface area (Å²) < 4.78 is 0. The van der Waals surface area contributed by atoms with Gasteiger partial charge in [0, 0.05) is 8.77 Å². The number of hydrogen-bond acceptors (Lipinski definition) is 4. The molecule has 0 aliphatic heterocycles. The van der Waals surface area contributed by atoms with Crippen molar-refractivity contribution >= 4 is 11.8 Å². The molecular weight excluding hydrogens is 198 g/mol. The molecule has 0 unspecified atom stereocenters. The van der Waals surface area contributed by atoms with Crippen molar-refractivity contribution in [3.05, 3.63) is 0 Å². The maximum atomic E-state index is 11.4. The van der Waals surface area contributed by atoms with Gasteiger partial charge in [0.15, 0.2) is 0 Å². The Labute approximate surface area is 92.5 Å². The third-order valence-corrected chi connectivity index (χ3v) is 2.12. The number of nitrogens with two attached hydrogens (primary N) is 1. The van der Waals surface area contributed by atoms with Gasteiger partial charge in [0.1, 0.15) is 6.61 Å². The summed E-state index contributed by atoms with van der Waals surface area (Å²) in [5.41, 5.74) is 0. The summed E-state index contributed by atoms with van der Waals surface area (Å²) in [5, 5.41) is 5.05. The normalized spacial score (nSPS) is 10.1. The smallest absolute Gasteiger partial charge is 0.249 e. The molecule has 0 aliphatic rings. The molecule has 0 rings (SSSR count). The Morgan fingerprint density at radius 1 is 1.33 bits per heavy atom. The van der Waals surface area contributed by atoms with Crippen molar-refractivity contribution in [1.29, 1.82) is 0 Å². The van der Waals surface area contributed by atoms with Crippen LogP contribution in [-0.4, -0.2) is 25.1 Å². The van der Waals surface area contributed by atoms with Gasteiger partial charge in [0.05, 0.1) is 6.67 Å². The molecule has 92 valence electrons. The molecule has 2 amide bonds. The molecule has 0 aromatic rings. The Balaban J connectivity index is -0.000000980. The molecule has 0 aromatic heterocycles. The fraction of sp³-hybridized carbons (Fsp3) is 0.778. The SMILES string of the molecule is CCC(CC)C(=O)NCNC(=O)CON.[HH].[HH]. The van der Waals surface area contributed by atoms with E-state index in [0.717, 1.165) is 12.8 Å². The monoisotopic (exact) mass is 221 g/mol. The maximum Gasteiger partial charge on any atom is 0.249 e. The van der Waals surface area contributed by atoms with Crippen LogP contribution in [0.3, 0.4) is 0 Å². The number of hydrogen-bond donors (Lipinski definition) is 3. The highest BCUT2D eigenvalue weighted by Crippen LogP contribution is 2.06.